The minimum Gasteiger partial charge on any atom is -0.378 e. The molecule has 0 bridgehead atoms. The van der Waals surface area contributed by atoms with E-state index < -0.39 is 11.7 Å². The normalized spacial score (nSPS) is 13.6. The molecule has 0 N–H and O–H groups in total. The summed E-state index contributed by atoms with van der Waals surface area (Å²) < 4.78 is 43.6. The highest BCUT2D eigenvalue weighted by atomic mass is 35.5. The Hall–Kier alpha value is -0.740. The van der Waals surface area contributed by atoms with Crippen molar-refractivity contribution in [3.8, 4) is 0 Å². The Morgan fingerprint density at radius 2 is 2.00 bits per heavy atom. The van der Waals surface area contributed by atoms with E-state index in [1.54, 1.807) is 6.07 Å². The lowest BCUT2D eigenvalue weighted by atomic mass is 10.0. The van der Waals surface area contributed by atoms with Crippen LogP contribution >= 0.6 is 11.6 Å². The van der Waals surface area contributed by atoms with Gasteiger partial charge in [0.2, 0.25) is 0 Å². The summed E-state index contributed by atoms with van der Waals surface area (Å²) in [7, 11) is 0. The number of rotatable bonds is 6. The second kappa shape index (κ2) is 7.15. The van der Waals surface area contributed by atoms with Crippen LogP contribution < -0.4 is 0 Å². The molecule has 5 heteroatoms. The predicted octanol–water partition coefficient (Wildman–Crippen LogP) is 5.11. The van der Waals surface area contributed by atoms with Crippen LogP contribution in [0.3, 0.4) is 0 Å². The minimum atomic E-state index is -4.42. The van der Waals surface area contributed by atoms with Gasteiger partial charge in [-0.05, 0) is 31.4 Å². The van der Waals surface area contributed by atoms with Crippen LogP contribution in [-0.2, 0) is 17.3 Å². The topological polar surface area (TPSA) is 9.23 Å². The molecule has 0 heterocycles. The molecule has 108 valence electrons. The number of hydrogen-bond acceptors (Lipinski definition) is 1. The van der Waals surface area contributed by atoms with E-state index in [9.17, 15) is 13.2 Å². The lowest BCUT2D eigenvalue weighted by molar-refractivity contribution is -0.137. The summed E-state index contributed by atoms with van der Waals surface area (Å²) in [5.74, 6) is 0. The first kappa shape index (κ1) is 16.3. The van der Waals surface area contributed by atoms with E-state index in [0.29, 0.717) is 18.6 Å². The summed E-state index contributed by atoms with van der Waals surface area (Å²) in [4.78, 5) is 0. The first-order valence-electron chi connectivity index (χ1n) is 6.32. The molecule has 0 aromatic heterocycles. The molecule has 0 saturated heterocycles. The molecule has 1 unspecified atom stereocenters. The third kappa shape index (κ3) is 5.03. The molecule has 1 rings (SSSR count). The number of hydrogen-bond donors (Lipinski definition) is 0. The van der Waals surface area contributed by atoms with Crippen LogP contribution in [0.15, 0.2) is 18.2 Å². The lowest BCUT2D eigenvalue weighted by Crippen LogP contribution is -2.14. The largest absolute Gasteiger partial charge is 0.417 e. The third-order valence-electron chi connectivity index (χ3n) is 2.79. The average molecular weight is 295 g/mol. The molecule has 0 aliphatic carbocycles. The van der Waals surface area contributed by atoms with Gasteiger partial charge >= 0.3 is 6.18 Å². The van der Waals surface area contributed by atoms with E-state index in [4.69, 9.17) is 16.3 Å². The SMILES string of the molecule is CCCCOC(C)Cc1cccc(C(F)(F)F)c1Cl. The van der Waals surface area contributed by atoms with Crippen molar-refractivity contribution in [3.63, 3.8) is 0 Å². The predicted molar refractivity (Wildman–Crippen MR) is 70.5 cm³/mol. The quantitative estimate of drug-likeness (QED) is 0.663. The van der Waals surface area contributed by atoms with E-state index in [1.807, 2.05) is 6.92 Å². The van der Waals surface area contributed by atoms with Gasteiger partial charge in [-0.2, -0.15) is 13.2 Å². The fourth-order valence-electron chi connectivity index (χ4n) is 1.75. The number of unbranched alkanes of at least 4 members (excludes halogenated alkanes) is 1. The summed E-state index contributed by atoms with van der Waals surface area (Å²) in [5.41, 5.74) is -0.312. The molecular weight excluding hydrogens is 277 g/mol. The van der Waals surface area contributed by atoms with Gasteiger partial charge in [-0.15, -0.1) is 0 Å². The van der Waals surface area contributed by atoms with Gasteiger partial charge in [0.15, 0.2) is 0 Å². The molecule has 19 heavy (non-hydrogen) atoms. The number of halogens is 4. The van der Waals surface area contributed by atoms with Crippen molar-refractivity contribution in [1.29, 1.82) is 0 Å². The Morgan fingerprint density at radius 3 is 2.58 bits per heavy atom. The molecule has 0 fully saturated rings. The Labute approximate surface area is 116 Å². The van der Waals surface area contributed by atoms with Gasteiger partial charge in [-0.3, -0.25) is 0 Å². The van der Waals surface area contributed by atoms with E-state index >= 15 is 0 Å². The molecule has 0 radical (unpaired) electrons. The highest BCUT2D eigenvalue weighted by Gasteiger charge is 2.33. The first-order chi connectivity index (χ1) is 8.86. The van der Waals surface area contributed by atoms with Crippen LogP contribution in [0, 0.1) is 0 Å². The zero-order chi connectivity index (χ0) is 14.5. The third-order valence-corrected chi connectivity index (χ3v) is 3.24. The number of ether oxygens (including phenoxy) is 1. The molecule has 1 aromatic carbocycles. The average Bonchev–Trinajstić information content (AvgIpc) is 2.30. The monoisotopic (exact) mass is 294 g/mol. The van der Waals surface area contributed by atoms with Crippen molar-refractivity contribution in [2.45, 2.75) is 45.4 Å². The van der Waals surface area contributed by atoms with Crippen LogP contribution in [0.5, 0.6) is 0 Å². The summed E-state index contributed by atoms with van der Waals surface area (Å²) >= 11 is 5.82. The molecule has 1 atom stereocenters. The lowest BCUT2D eigenvalue weighted by Gasteiger charge is -2.16. The maximum absolute atomic E-state index is 12.7. The summed E-state index contributed by atoms with van der Waals surface area (Å²) in [6.45, 7) is 4.51. The van der Waals surface area contributed by atoms with Gasteiger partial charge in [-0.1, -0.05) is 37.1 Å². The van der Waals surface area contributed by atoms with Crippen molar-refractivity contribution in [1.82, 2.24) is 0 Å². The van der Waals surface area contributed by atoms with Crippen molar-refractivity contribution in [2.75, 3.05) is 6.61 Å². The van der Waals surface area contributed by atoms with Crippen molar-refractivity contribution < 1.29 is 17.9 Å². The Morgan fingerprint density at radius 1 is 1.32 bits per heavy atom. The van der Waals surface area contributed by atoms with Crippen molar-refractivity contribution in [3.05, 3.63) is 34.3 Å². The fourth-order valence-corrected chi connectivity index (χ4v) is 2.06. The molecule has 1 aromatic rings. The van der Waals surface area contributed by atoms with Crippen molar-refractivity contribution in [2.24, 2.45) is 0 Å². The van der Waals surface area contributed by atoms with Crippen LogP contribution in [0.2, 0.25) is 5.02 Å². The van der Waals surface area contributed by atoms with Gasteiger partial charge in [0.05, 0.1) is 16.7 Å². The van der Waals surface area contributed by atoms with Gasteiger partial charge in [-0.25, -0.2) is 0 Å². The van der Waals surface area contributed by atoms with Gasteiger partial charge in [0, 0.05) is 6.61 Å². The van der Waals surface area contributed by atoms with E-state index in [-0.39, 0.29) is 11.1 Å². The van der Waals surface area contributed by atoms with E-state index in [2.05, 4.69) is 6.92 Å². The molecule has 1 nitrogen and oxygen atoms in total. The van der Waals surface area contributed by atoms with Gasteiger partial charge in [0.1, 0.15) is 0 Å². The number of alkyl halides is 3. The smallest absolute Gasteiger partial charge is 0.378 e. The van der Waals surface area contributed by atoms with Gasteiger partial charge in [0.25, 0.3) is 0 Å². The Kier molecular flexibility index (Phi) is 6.14. The number of benzene rings is 1. The Balaban J connectivity index is 2.74. The van der Waals surface area contributed by atoms with Crippen molar-refractivity contribution >= 4 is 11.6 Å². The molecule has 0 aliphatic heterocycles. The zero-order valence-electron chi connectivity index (χ0n) is 11.1. The van der Waals surface area contributed by atoms with E-state index in [1.165, 1.54) is 6.07 Å². The maximum Gasteiger partial charge on any atom is 0.417 e. The zero-order valence-corrected chi connectivity index (χ0v) is 11.8. The first-order valence-corrected chi connectivity index (χ1v) is 6.70. The van der Waals surface area contributed by atoms with E-state index in [0.717, 1.165) is 18.9 Å². The Bertz CT molecular complexity index is 404. The maximum atomic E-state index is 12.7. The fraction of sp³-hybridized carbons (Fsp3) is 0.571. The summed E-state index contributed by atoms with van der Waals surface area (Å²) in [5, 5.41) is -0.221. The second-order valence-electron chi connectivity index (χ2n) is 4.52. The summed E-state index contributed by atoms with van der Waals surface area (Å²) in [6.07, 6.45) is -2.21. The van der Waals surface area contributed by atoms with Crippen LogP contribution in [0.25, 0.3) is 0 Å². The molecule has 0 aliphatic rings. The van der Waals surface area contributed by atoms with Crippen LogP contribution in [0.4, 0.5) is 13.2 Å². The highest BCUT2D eigenvalue weighted by molar-refractivity contribution is 6.32. The summed E-state index contributed by atoms with van der Waals surface area (Å²) in [6, 6.07) is 3.98. The molecule has 0 amide bonds. The molecule has 0 saturated carbocycles. The van der Waals surface area contributed by atoms with Crippen LogP contribution in [0.1, 0.15) is 37.8 Å². The highest BCUT2D eigenvalue weighted by Crippen LogP contribution is 2.36. The van der Waals surface area contributed by atoms with Gasteiger partial charge < -0.3 is 4.74 Å². The minimum absolute atomic E-state index is 0.146. The molecular formula is C14H18ClF3O. The molecule has 0 spiro atoms. The standard InChI is InChI=1S/C14H18ClF3O/c1-3-4-8-19-10(2)9-11-6-5-7-12(13(11)15)14(16,17)18/h5-7,10H,3-4,8-9H2,1-2H3. The van der Waals surface area contributed by atoms with Crippen LogP contribution in [-0.4, -0.2) is 12.7 Å². The second-order valence-corrected chi connectivity index (χ2v) is 4.89.